The Labute approximate surface area is 158 Å². The molecule has 1 fully saturated rings. The SMILES string of the molecule is COB(NC(=O)NC1CCCCC1)c1[c-]cc(C)c(N)c1.[CH-]=O.[W+2]. The molecule has 1 aliphatic carbocycles. The maximum Gasteiger partial charge on any atom is 2.00 e. The Hall–Kier alpha value is -1.33. The Bertz CT molecular complexity index is 513. The van der Waals surface area contributed by atoms with E-state index in [9.17, 15) is 4.79 Å². The molecule has 0 bridgehead atoms. The summed E-state index contributed by atoms with van der Waals surface area (Å²) in [6.45, 7) is 5.17. The third-order valence-corrected chi connectivity index (χ3v) is 3.94. The molecule has 0 heterocycles. The Morgan fingerprint density at radius 3 is 2.54 bits per heavy atom. The van der Waals surface area contributed by atoms with Crippen LogP contribution in [0.25, 0.3) is 0 Å². The predicted molar refractivity (Wildman–Crippen MR) is 92.1 cm³/mol. The summed E-state index contributed by atoms with van der Waals surface area (Å²) in [4.78, 5) is 19.8. The second kappa shape index (κ2) is 12.1. The summed E-state index contributed by atoms with van der Waals surface area (Å²) in [5.74, 6) is 0. The number of nitrogens with one attached hydrogen (secondary N) is 2. The largest absolute Gasteiger partial charge is 2.00 e. The summed E-state index contributed by atoms with van der Waals surface area (Å²) in [7, 11) is 1.01. The second-order valence-corrected chi connectivity index (χ2v) is 5.60. The van der Waals surface area contributed by atoms with E-state index in [0.717, 1.165) is 23.9 Å². The number of hydrogen-bond donors (Lipinski definition) is 3. The van der Waals surface area contributed by atoms with Gasteiger partial charge in [-0.25, -0.2) is 0 Å². The summed E-state index contributed by atoms with van der Waals surface area (Å²) in [5, 5.41) is 5.82. The number of anilines is 1. The van der Waals surface area contributed by atoms with Gasteiger partial charge in [0.25, 0.3) is 0 Å². The van der Waals surface area contributed by atoms with Gasteiger partial charge >= 0.3 is 34.1 Å². The van der Waals surface area contributed by atoms with E-state index in [1.807, 2.05) is 6.92 Å². The van der Waals surface area contributed by atoms with E-state index < -0.39 is 7.05 Å². The smallest absolute Gasteiger partial charge is 0.545 e. The molecule has 0 spiro atoms. The summed E-state index contributed by atoms with van der Waals surface area (Å²) < 4.78 is 5.33. The first-order valence-electron chi connectivity index (χ1n) is 7.71. The number of benzene rings is 1. The van der Waals surface area contributed by atoms with E-state index in [-0.39, 0.29) is 33.1 Å². The van der Waals surface area contributed by atoms with Gasteiger partial charge in [-0.15, -0.1) is 17.1 Å². The first-order valence-corrected chi connectivity index (χ1v) is 7.71. The number of aryl methyl sites for hydroxylation is 1. The molecule has 0 saturated heterocycles. The normalized spacial score (nSPS) is 13.8. The average Bonchev–Trinajstić information content (AvgIpc) is 2.58. The summed E-state index contributed by atoms with van der Waals surface area (Å²) in [6.07, 6.45) is 5.73. The van der Waals surface area contributed by atoms with Gasteiger partial charge < -0.3 is 25.7 Å². The molecule has 2 amide bonds. The summed E-state index contributed by atoms with van der Waals surface area (Å²) in [6, 6.07) is 6.73. The van der Waals surface area contributed by atoms with Gasteiger partial charge in [0.2, 0.25) is 0 Å². The van der Waals surface area contributed by atoms with E-state index in [1.54, 1.807) is 19.2 Å². The van der Waals surface area contributed by atoms with Crippen LogP contribution in [0, 0.1) is 13.0 Å². The molecule has 1 aromatic rings. The van der Waals surface area contributed by atoms with Gasteiger partial charge in [0, 0.05) is 13.2 Å². The van der Waals surface area contributed by atoms with Crippen molar-refractivity contribution >= 4 is 31.0 Å². The van der Waals surface area contributed by atoms with E-state index in [0.29, 0.717) is 5.69 Å². The van der Waals surface area contributed by atoms with Gasteiger partial charge in [-0.2, -0.15) is 12.1 Å². The molecule has 24 heavy (non-hydrogen) atoms. The average molecular weight is 501 g/mol. The third-order valence-electron chi connectivity index (χ3n) is 3.94. The van der Waals surface area contributed by atoms with Crippen molar-refractivity contribution < 1.29 is 35.3 Å². The van der Waals surface area contributed by atoms with Crippen LogP contribution in [0.1, 0.15) is 37.7 Å². The molecular weight excluding hydrogens is 477 g/mol. The standard InChI is InChI=1S/C15H23BN3O2.CHO.W/c1-11-8-9-12(10-14(11)17)16(21-2)19-15(20)18-13-6-4-3-5-7-13;1-2;/h8,10,13H,3-7,17H2,1-2H3,(H2,18,19,20);1H;/q2*-1;+2. The minimum Gasteiger partial charge on any atom is -0.545 e. The number of carbonyl (C=O) groups excluding carboxylic acids is 2. The molecule has 6 nitrogen and oxygen atoms in total. The number of nitrogen functional groups attached to an aromatic ring is 1. The molecule has 8 heteroatoms. The van der Waals surface area contributed by atoms with Gasteiger partial charge in [-0.05, 0) is 12.8 Å². The Kier molecular flexibility index (Phi) is 11.4. The van der Waals surface area contributed by atoms with Crippen LogP contribution in [0.15, 0.2) is 12.1 Å². The Balaban J connectivity index is 0.00000170. The van der Waals surface area contributed by atoms with E-state index in [4.69, 9.17) is 15.2 Å². The van der Waals surface area contributed by atoms with Crippen molar-refractivity contribution in [3.63, 3.8) is 0 Å². The van der Waals surface area contributed by atoms with E-state index in [2.05, 4.69) is 23.4 Å². The van der Waals surface area contributed by atoms with Crippen molar-refractivity contribution in [3.05, 3.63) is 23.8 Å². The molecule has 2 rings (SSSR count). The maximum atomic E-state index is 12.1. The van der Waals surface area contributed by atoms with E-state index >= 15 is 0 Å². The van der Waals surface area contributed by atoms with Crippen molar-refractivity contribution in [2.24, 2.45) is 0 Å². The molecule has 130 valence electrons. The van der Waals surface area contributed by atoms with Crippen LogP contribution < -0.4 is 21.7 Å². The molecule has 0 atom stereocenters. The van der Waals surface area contributed by atoms with Crippen molar-refractivity contribution in [3.8, 4) is 0 Å². The predicted octanol–water partition coefficient (Wildman–Crippen LogP) is 1.07. The monoisotopic (exact) mass is 501 g/mol. The maximum absolute atomic E-state index is 12.1. The molecular formula is C16H24BN3O3W. The molecule has 1 saturated carbocycles. The fourth-order valence-electron chi connectivity index (χ4n) is 2.61. The van der Waals surface area contributed by atoms with Gasteiger partial charge in [0.15, 0.2) is 0 Å². The van der Waals surface area contributed by atoms with Crippen LogP contribution in [0.2, 0.25) is 0 Å². The van der Waals surface area contributed by atoms with Crippen LogP contribution >= 0.6 is 0 Å². The van der Waals surface area contributed by atoms with Crippen molar-refractivity contribution in [2.75, 3.05) is 12.8 Å². The summed E-state index contributed by atoms with van der Waals surface area (Å²) in [5.41, 5.74) is 8.24. The Morgan fingerprint density at radius 1 is 1.38 bits per heavy atom. The van der Waals surface area contributed by atoms with Gasteiger partial charge in [0.05, 0.1) is 0 Å². The third kappa shape index (κ3) is 7.06. The fourth-order valence-corrected chi connectivity index (χ4v) is 2.61. The first-order chi connectivity index (χ1) is 11.1. The number of amides is 2. The molecule has 1 aromatic carbocycles. The number of urea groups is 1. The van der Waals surface area contributed by atoms with Crippen molar-refractivity contribution in [1.29, 1.82) is 0 Å². The molecule has 0 aromatic heterocycles. The summed E-state index contributed by atoms with van der Waals surface area (Å²) >= 11 is 0. The van der Waals surface area contributed by atoms with Crippen molar-refractivity contribution in [2.45, 2.75) is 45.1 Å². The number of nitrogens with two attached hydrogens (primary N) is 1. The molecule has 4 N–H and O–H groups in total. The van der Waals surface area contributed by atoms with Crippen molar-refractivity contribution in [1.82, 2.24) is 10.5 Å². The number of hydrogen-bond acceptors (Lipinski definition) is 4. The first kappa shape index (κ1) is 22.7. The Morgan fingerprint density at radius 2 is 2.00 bits per heavy atom. The van der Waals surface area contributed by atoms with Crippen LogP contribution in [-0.2, 0) is 30.5 Å². The molecule has 1 aliphatic rings. The minimum absolute atomic E-state index is 0. The zero-order chi connectivity index (χ0) is 17.2. The van der Waals surface area contributed by atoms with Crippen LogP contribution in [0.4, 0.5) is 10.5 Å². The second-order valence-electron chi connectivity index (χ2n) is 5.60. The molecule has 0 radical (unpaired) electrons. The fraction of sp³-hybridized carbons (Fsp3) is 0.500. The number of rotatable bonds is 4. The van der Waals surface area contributed by atoms with Gasteiger partial charge in [0.1, 0.15) is 0 Å². The van der Waals surface area contributed by atoms with E-state index in [1.165, 1.54) is 19.3 Å². The van der Waals surface area contributed by atoms with Gasteiger partial charge in [-0.1, -0.05) is 31.9 Å². The number of carbonyl (C=O) groups is 1. The quantitative estimate of drug-likeness (QED) is 0.249. The van der Waals surface area contributed by atoms with Crippen LogP contribution in [0.5, 0.6) is 0 Å². The van der Waals surface area contributed by atoms with Crippen LogP contribution in [-0.4, -0.2) is 33.0 Å². The zero-order valence-corrected chi connectivity index (χ0v) is 17.1. The topological polar surface area (TPSA) is 93.4 Å². The molecule has 0 unspecified atom stereocenters. The molecule has 0 aliphatic heterocycles. The van der Waals surface area contributed by atoms with Crippen LogP contribution in [0.3, 0.4) is 0 Å². The zero-order valence-electron chi connectivity index (χ0n) is 14.1. The van der Waals surface area contributed by atoms with Gasteiger partial charge in [-0.3, -0.25) is 11.6 Å². The minimum atomic E-state index is -0.545.